The Morgan fingerprint density at radius 2 is 1.86 bits per heavy atom. The maximum absolute atomic E-state index is 14.7. The minimum atomic E-state index is -0.495. The lowest BCUT2D eigenvalue weighted by Crippen LogP contribution is -2.44. The molecule has 2 aliphatic rings. The third kappa shape index (κ3) is 5.26. The normalized spacial score (nSPS) is 18.0. The van der Waals surface area contributed by atoms with Gasteiger partial charge in [-0.3, -0.25) is 9.59 Å². The SMILES string of the molecule is O=C(Nc1cc(-c2nnc3n2CCCCC3)ccc1F)C1CCCN(C(=O)Cc2ccccc2)C1. The lowest BCUT2D eigenvalue weighted by molar-refractivity contribution is -0.133. The number of anilines is 1. The molecule has 0 radical (unpaired) electrons. The Hall–Kier alpha value is -3.55. The number of hydrogen-bond acceptors (Lipinski definition) is 4. The molecule has 1 atom stereocenters. The molecule has 1 saturated heterocycles. The number of aryl methyl sites for hydroxylation is 1. The number of nitrogens with one attached hydrogen (secondary N) is 1. The van der Waals surface area contributed by atoms with E-state index in [1.54, 1.807) is 17.0 Å². The summed E-state index contributed by atoms with van der Waals surface area (Å²) < 4.78 is 16.8. The van der Waals surface area contributed by atoms with Crippen molar-refractivity contribution in [3.63, 3.8) is 0 Å². The number of carbonyl (C=O) groups excluding carboxylic acids is 2. The van der Waals surface area contributed by atoms with Gasteiger partial charge in [0.25, 0.3) is 0 Å². The Morgan fingerprint density at radius 3 is 2.71 bits per heavy atom. The minimum Gasteiger partial charge on any atom is -0.342 e. The van der Waals surface area contributed by atoms with E-state index in [4.69, 9.17) is 0 Å². The van der Waals surface area contributed by atoms with Gasteiger partial charge in [0, 0.05) is 31.6 Å². The maximum Gasteiger partial charge on any atom is 0.229 e. The van der Waals surface area contributed by atoms with E-state index in [0.29, 0.717) is 31.8 Å². The standard InChI is InChI=1S/C27H30FN5O2/c28-22-13-12-20(26-31-30-24-11-5-2-6-15-33(24)26)17-23(22)29-27(35)21-10-7-14-32(18-21)25(34)16-19-8-3-1-4-9-19/h1,3-4,8-9,12-13,17,21H,2,5-7,10-11,14-16,18H2,(H,29,35). The van der Waals surface area contributed by atoms with Crippen LogP contribution in [-0.2, 0) is 29.0 Å². The predicted octanol–water partition coefficient (Wildman–Crippen LogP) is 4.23. The molecule has 2 aliphatic heterocycles. The molecule has 1 N–H and O–H groups in total. The van der Waals surface area contributed by atoms with E-state index in [0.717, 1.165) is 55.6 Å². The second-order valence-electron chi connectivity index (χ2n) is 9.43. The van der Waals surface area contributed by atoms with Crippen molar-refractivity contribution in [2.24, 2.45) is 5.92 Å². The molecule has 1 aromatic heterocycles. The van der Waals surface area contributed by atoms with Gasteiger partial charge in [0.2, 0.25) is 11.8 Å². The third-order valence-electron chi connectivity index (χ3n) is 6.93. The maximum atomic E-state index is 14.7. The first-order valence-electron chi connectivity index (χ1n) is 12.4. The molecule has 2 amide bonds. The number of halogens is 1. The lowest BCUT2D eigenvalue weighted by atomic mass is 9.96. The first kappa shape index (κ1) is 23.2. The van der Waals surface area contributed by atoms with E-state index in [1.807, 2.05) is 30.3 Å². The number of aromatic nitrogens is 3. The molecule has 2 aromatic carbocycles. The van der Waals surface area contributed by atoms with E-state index in [2.05, 4.69) is 20.1 Å². The Balaban J connectivity index is 1.27. The van der Waals surface area contributed by atoms with Crippen LogP contribution in [0, 0.1) is 11.7 Å². The van der Waals surface area contributed by atoms with Gasteiger partial charge in [0.15, 0.2) is 5.82 Å². The van der Waals surface area contributed by atoms with Crippen molar-refractivity contribution in [3.8, 4) is 11.4 Å². The van der Waals surface area contributed by atoms with Crippen LogP contribution in [0.1, 0.15) is 43.5 Å². The monoisotopic (exact) mass is 475 g/mol. The van der Waals surface area contributed by atoms with Crippen molar-refractivity contribution in [1.82, 2.24) is 19.7 Å². The zero-order chi connectivity index (χ0) is 24.2. The molecule has 3 aromatic rings. The lowest BCUT2D eigenvalue weighted by Gasteiger charge is -2.32. The highest BCUT2D eigenvalue weighted by Gasteiger charge is 2.29. The fraction of sp³-hybridized carbons (Fsp3) is 0.407. The van der Waals surface area contributed by atoms with Crippen LogP contribution in [-0.4, -0.2) is 44.6 Å². The Kier molecular flexibility index (Phi) is 6.88. The molecule has 0 aliphatic carbocycles. The highest BCUT2D eigenvalue weighted by Crippen LogP contribution is 2.28. The number of carbonyl (C=O) groups is 2. The zero-order valence-corrected chi connectivity index (χ0v) is 19.8. The largest absolute Gasteiger partial charge is 0.342 e. The fourth-order valence-corrected chi connectivity index (χ4v) is 4.99. The average molecular weight is 476 g/mol. The Bertz CT molecular complexity index is 1210. The van der Waals surface area contributed by atoms with Crippen LogP contribution in [0.3, 0.4) is 0 Å². The van der Waals surface area contributed by atoms with Crippen LogP contribution >= 0.6 is 0 Å². The van der Waals surface area contributed by atoms with Crippen molar-refractivity contribution in [3.05, 3.63) is 65.7 Å². The van der Waals surface area contributed by atoms with E-state index >= 15 is 0 Å². The van der Waals surface area contributed by atoms with Gasteiger partial charge in [-0.25, -0.2) is 4.39 Å². The minimum absolute atomic E-state index is 0.00868. The van der Waals surface area contributed by atoms with Crippen molar-refractivity contribution in [2.75, 3.05) is 18.4 Å². The molecule has 35 heavy (non-hydrogen) atoms. The van der Waals surface area contributed by atoms with Crippen LogP contribution in [0.2, 0.25) is 0 Å². The molecule has 182 valence electrons. The van der Waals surface area contributed by atoms with Gasteiger partial charge in [-0.2, -0.15) is 0 Å². The number of piperidine rings is 1. The van der Waals surface area contributed by atoms with E-state index in [-0.39, 0.29) is 23.4 Å². The number of amides is 2. The van der Waals surface area contributed by atoms with Crippen molar-refractivity contribution in [1.29, 1.82) is 0 Å². The summed E-state index contributed by atoms with van der Waals surface area (Å²) in [5.41, 5.74) is 1.81. The molecule has 0 saturated carbocycles. The smallest absolute Gasteiger partial charge is 0.229 e. The summed E-state index contributed by atoms with van der Waals surface area (Å²) in [7, 11) is 0. The topological polar surface area (TPSA) is 80.1 Å². The summed E-state index contributed by atoms with van der Waals surface area (Å²) in [4.78, 5) is 27.6. The second kappa shape index (κ2) is 10.4. The average Bonchev–Trinajstić information content (AvgIpc) is 3.13. The van der Waals surface area contributed by atoms with Gasteiger partial charge in [-0.1, -0.05) is 36.8 Å². The van der Waals surface area contributed by atoms with E-state index < -0.39 is 5.82 Å². The molecular formula is C27H30FN5O2. The van der Waals surface area contributed by atoms with Gasteiger partial charge in [-0.05, 0) is 49.4 Å². The number of hydrogen-bond donors (Lipinski definition) is 1. The molecule has 0 spiro atoms. The van der Waals surface area contributed by atoms with E-state index in [9.17, 15) is 14.0 Å². The number of nitrogens with zero attached hydrogens (tertiary/aromatic N) is 4. The first-order valence-corrected chi connectivity index (χ1v) is 12.4. The van der Waals surface area contributed by atoms with Gasteiger partial charge >= 0.3 is 0 Å². The summed E-state index contributed by atoms with van der Waals surface area (Å²) in [6.45, 7) is 1.82. The summed E-state index contributed by atoms with van der Waals surface area (Å²) >= 11 is 0. The number of likely N-dealkylation sites (tertiary alicyclic amines) is 1. The second-order valence-corrected chi connectivity index (χ2v) is 9.43. The number of benzene rings is 2. The summed E-state index contributed by atoms with van der Waals surface area (Å²) in [6.07, 6.45) is 5.92. The Labute approximate surface area is 204 Å². The first-order chi connectivity index (χ1) is 17.1. The summed E-state index contributed by atoms with van der Waals surface area (Å²) in [5.74, 6) is 0.525. The molecule has 0 bridgehead atoms. The third-order valence-corrected chi connectivity index (χ3v) is 6.93. The number of fused-ring (bicyclic) bond motifs is 1. The van der Waals surface area contributed by atoms with Crippen LogP contribution in [0.4, 0.5) is 10.1 Å². The predicted molar refractivity (Wildman–Crippen MR) is 131 cm³/mol. The summed E-state index contributed by atoms with van der Waals surface area (Å²) in [6, 6.07) is 14.3. The molecule has 1 fully saturated rings. The quantitative estimate of drug-likeness (QED) is 0.599. The van der Waals surface area contributed by atoms with Crippen molar-refractivity contribution < 1.29 is 14.0 Å². The molecule has 3 heterocycles. The fourth-order valence-electron chi connectivity index (χ4n) is 4.99. The van der Waals surface area contributed by atoms with Gasteiger partial charge in [0.1, 0.15) is 11.6 Å². The zero-order valence-electron chi connectivity index (χ0n) is 19.8. The molecule has 1 unspecified atom stereocenters. The van der Waals surface area contributed by atoms with Gasteiger partial charge in [0.05, 0.1) is 18.0 Å². The molecule has 8 heteroatoms. The molecular weight excluding hydrogens is 445 g/mol. The Morgan fingerprint density at radius 1 is 1.00 bits per heavy atom. The van der Waals surface area contributed by atoms with E-state index in [1.165, 1.54) is 6.07 Å². The van der Waals surface area contributed by atoms with Gasteiger partial charge < -0.3 is 14.8 Å². The van der Waals surface area contributed by atoms with Crippen LogP contribution < -0.4 is 5.32 Å². The highest BCUT2D eigenvalue weighted by molar-refractivity contribution is 5.94. The van der Waals surface area contributed by atoms with Crippen molar-refractivity contribution >= 4 is 17.5 Å². The van der Waals surface area contributed by atoms with Crippen molar-refractivity contribution in [2.45, 2.75) is 51.5 Å². The van der Waals surface area contributed by atoms with Crippen LogP contribution in [0.5, 0.6) is 0 Å². The highest BCUT2D eigenvalue weighted by atomic mass is 19.1. The van der Waals surface area contributed by atoms with Crippen LogP contribution in [0.15, 0.2) is 48.5 Å². The van der Waals surface area contributed by atoms with Crippen LogP contribution in [0.25, 0.3) is 11.4 Å². The molecule has 5 rings (SSSR count). The van der Waals surface area contributed by atoms with Gasteiger partial charge in [-0.15, -0.1) is 10.2 Å². The molecule has 7 nitrogen and oxygen atoms in total. The number of rotatable bonds is 5. The summed E-state index contributed by atoms with van der Waals surface area (Å²) in [5, 5.41) is 11.5.